The minimum atomic E-state index is -0.345. The van der Waals surface area contributed by atoms with E-state index in [4.69, 9.17) is 0 Å². The number of hydrogen-bond donors (Lipinski definition) is 5. The Morgan fingerprint density at radius 1 is 1.53 bits per heavy atom. The van der Waals surface area contributed by atoms with Crippen LogP contribution < -0.4 is 27.3 Å². The molecule has 5 N–H and O–H groups in total. The highest BCUT2D eigenvalue weighted by atomic mass is 16.2. The molecule has 1 aliphatic heterocycles. The number of nitrogens with one attached hydrogen (secondary N) is 5. The van der Waals surface area contributed by atoms with Crippen LogP contribution in [0.4, 0.5) is 0 Å². The number of hydrogen-bond acceptors (Lipinski definition) is 7. The topological polar surface area (TPSA) is 128 Å². The number of hydrazine groups is 2. The van der Waals surface area contributed by atoms with Gasteiger partial charge in [-0.2, -0.15) is 5.53 Å². The average molecular weight is 264 g/mol. The SMILES string of the molecule is O=C(NCc1nnc2c(=O)[nH]ccn12)C1CNNN1. The molecule has 0 spiro atoms. The molecule has 1 atom stereocenters. The van der Waals surface area contributed by atoms with E-state index in [-0.39, 0.29) is 29.7 Å². The van der Waals surface area contributed by atoms with E-state index in [9.17, 15) is 9.59 Å². The number of aromatic nitrogens is 4. The molecule has 0 aliphatic carbocycles. The summed E-state index contributed by atoms with van der Waals surface area (Å²) in [5, 5.41) is 10.4. The van der Waals surface area contributed by atoms with Gasteiger partial charge in [0.25, 0.3) is 5.56 Å². The van der Waals surface area contributed by atoms with E-state index >= 15 is 0 Å². The number of carbonyl (C=O) groups excluding carboxylic acids is 1. The zero-order valence-corrected chi connectivity index (χ0v) is 9.80. The van der Waals surface area contributed by atoms with Crippen molar-refractivity contribution in [2.24, 2.45) is 0 Å². The normalized spacial score (nSPS) is 18.8. The van der Waals surface area contributed by atoms with Crippen molar-refractivity contribution in [3.63, 3.8) is 0 Å². The van der Waals surface area contributed by atoms with E-state index in [2.05, 4.69) is 36.9 Å². The van der Waals surface area contributed by atoms with Gasteiger partial charge in [0.2, 0.25) is 11.6 Å². The highest BCUT2D eigenvalue weighted by Crippen LogP contribution is 1.97. The molecule has 1 saturated heterocycles. The molecule has 2 aromatic rings. The number of H-pyrrole nitrogens is 1. The van der Waals surface area contributed by atoms with E-state index in [1.807, 2.05) is 0 Å². The van der Waals surface area contributed by atoms with Crippen molar-refractivity contribution >= 4 is 11.6 Å². The van der Waals surface area contributed by atoms with Gasteiger partial charge in [0.05, 0.1) is 6.54 Å². The van der Waals surface area contributed by atoms with Crippen LogP contribution in [0, 0.1) is 0 Å². The lowest BCUT2D eigenvalue weighted by Gasteiger charge is -2.08. The van der Waals surface area contributed by atoms with Crippen LogP contribution in [-0.2, 0) is 11.3 Å². The quantitative estimate of drug-likeness (QED) is 0.400. The fourth-order valence-corrected chi connectivity index (χ4v) is 1.80. The largest absolute Gasteiger partial charge is 0.347 e. The third-order valence-corrected chi connectivity index (χ3v) is 2.79. The molecule has 2 aromatic heterocycles. The highest BCUT2D eigenvalue weighted by Gasteiger charge is 2.21. The molecule has 0 bridgehead atoms. The first-order chi connectivity index (χ1) is 9.25. The molecule has 100 valence electrons. The summed E-state index contributed by atoms with van der Waals surface area (Å²) in [6.45, 7) is 0.688. The monoisotopic (exact) mass is 264 g/mol. The van der Waals surface area contributed by atoms with Gasteiger partial charge in [0, 0.05) is 18.9 Å². The van der Waals surface area contributed by atoms with E-state index in [0.717, 1.165) is 0 Å². The second kappa shape index (κ2) is 4.76. The third kappa shape index (κ3) is 2.19. The number of nitrogens with zero attached hydrogens (tertiary/aromatic N) is 3. The minimum Gasteiger partial charge on any atom is -0.347 e. The van der Waals surface area contributed by atoms with Crippen molar-refractivity contribution < 1.29 is 4.79 Å². The Morgan fingerprint density at radius 3 is 3.21 bits per heavy atom. The maximum atomic E-state index is 11.8. The maximum Gasteiger partial charge on any atom is 0.293 e. The minimum absolute atomic E-state index is 0.168. The average Bonchev–Trinajstić information content (AvgIpc) is 3.06. The van der Waals surface area contributed by atoms with Gasteiger partial charge in [0.15, 0.2) is 5.82 Å². The van der Waals surface area contributed by atoms with Crippen LogP contribution in [0.1, 0.15) is 5.82 Å². The van der Waals surface area contributed by atoms with Crippen molar-refractivity contribution in [3.8, 4) is 0 Å². The fourth-order valence-electron chi connectivity index (χ4n) is 1.80. The Balaban J connectivity index is 1.73. The number of aromatic amines is 1. The number of fused-ring (bicyclic) bond motifs is 1. The summed E-state index contributed by atoms with van der Waals surface area (Å²) >= 11 is 0. The predicted octanol–water partition coefficient (Wildman–Crippen LogP) is -2.99. The molecular formula is C9H12N8O2. The lowest BCUT2D eigenvalue weighted by molar-refractivity contribution is -0.122. The molecule has 19 heavy (non-hydrogen) atoms. The van der Waals surface area contributed by atoms with Gasteiger partial charge in [-0.3, -0.25) is 14.0 Å². The molecule has 10 nitrogen and oxygen atoms in total. The zero-order chi connectivity index (χ0) is 13.2. The van der Waals surface area contributed by atoms with Crippen LogP contribution in [0.2, 0.25) is 0 Å². The summed E-state index contributed by atoms with van der Waals surface area (Å²) in [6, 6.07) is -0.345. The van der Waals surface area contributed by atoms with Gasteiger partial charge >= 0.3 is 0 Å². The van der Waals surface area contributed by atoms with Crippen molar-refractivity contribution in [1.82, 2.24) is 41.3 Å². The van der Waals surface area contributed by atoms with E-state index in [1.165, 1.54) is 10.6 Å². The van der Waals surface area contributed by atoms with Gasteiger partial charge in [-0.15, -0.1) is 10.2 Å². The summed E-state index contributed by atoms with van der Waals surface area (Å²) in [5.74, 6) is 0.326. The molecule has 1 unspecified atom stereocenters. The standard InChI is InChI=1S/C9H12N8O2/c18-8(5-3-12-16-13-5)11-4-6-14-15-7-9(19)10-1-2-17(6)7/h1-2,5,12-13,16H,3-4H2,(H,10,19)(H,11,18). The van der Waals surface area contributed by atoms with Crippen LogP contribution in [0.3, 0.4) is 0 Å². The zero-order valence-electron chi connectivity index (χ0n) is 9.80. The summed E-state index contributed by atoms with van der Waals surface area (Å²) in [4.78, 5) is 25.7. The Kier molecular flexibility index (Phi) is 2.95. The van der Waals surface area contributed by atoms with Gasteiger partial charge in [-0.05, 0) is 0 Å². The second-order valence-corrected chi connectivity index (χ2v) is 4.02. The molecule has 1 fully saturated rings. The molecule has 0 radical (unpaired) electrons. The molecule has 3 rings (SSSR count). The third-order valence-electron chi connectivity index (χ3n) is 2.79. The first-order valence-corrected chi connectivity index (χ1v) is 5.68. The Labute approximate surface area is 106 Å². The van der Waals surface area contributed by atoms with Crippen LogP contribution in [0.15, 0.2) is 17.2 Å². The molecule has 1 amide bonds. The van der Waals surface area contributed by atoms with E-state index < -0.39 is 0 Å². The summed E-state index contributed by atoms with van der Waals surface area (Å²) in [7, 11) is 0. The lowest BCUT2D eigenvalue weighted by atomic mass is 10.3. The van der Waals surface area contributed by atoms with Crippen molar-refractivity contribution in [2.75, 3.05) is 6.54 Å². The smallest absolute Gasteiger partial charge is 0.293 e. The van der Waals surface area contributed by atoms with Gasteiger partial charge in [-0.1, -0.05) is 0 Å². The van der Waals surface area contributed by atoms with Crippen molar-refractivity contribution in [3.05, 3.63) is 28.6 Å². The first-order valence-electron chi connectivity index (χ1n) is 5.68. The Morgan fingerprint density at radius 2 is 2.42 bits per heavy atom. The molecule has 1 aliphatic rings. The highest BCUT2D eigenvalue weighted by molar-refractivity contribution is 5.82. The number of rotatable bonds is 3. The van der Waals surface area contributed by atoms with Crippen molar-refractivity contribution in [2.45, 2.75) is 12.6 Å². The Hall–Kier alpha value is -2.30. The van der Waals surface area contributed by atoms with Crippen molar-refractivity contribution in [1.29, 1.82) is 0 Å². The van der Waals surface area contributed by atoms with Crippen LogP contribution in [-0.4, -0.2) is 38.1 Å². The summed E-state index contributed by atoms with van der Waals surface area (Å²) in [5.41, 5.74) is 8.07. The van der Waals surface area contributed by atoms with Gasteiger partial charge in [0.1, 0.15) is 6.04 Å². The molecule has 3 heterocycles. The first kappa shape index (κ1) is 11.8. The number of carbonyl (C=O) groups is 1. The fraction of sp³-hybridized carbons (Fsp3) is 0.333. The van der Waals surface area contributed by atoms with Crippen LogP contribution in [0.5, 0.6) is 0 Å². The maximum absolute atomic E-state index is 11.8. The van der Waals surface area contributed by atoms with Crippen LogP contribution in [0.25, 0.3) is 5.65 Å². The van der Waals surface area contributed by atoms with E-state index in [1.54, 1.807) is 6.20 Å². The van der Waals surface area contributed by atoms with Gasteiger partial charge < -0.3 is 10.3 Å². The van der Waals surface area contributed by atoms with E-state index in [0.29, 0.717) is 12.4 Å². The predicted molar refractivity (Wildman–Crippen MR) is 63.5 cm³/mol. The second-order valence-electron chi connectivity index (χ2n) is 4.02. The van der Waals surface area contributed by atoms with Gasteiger partial charge in [-0.25, -0.2) is 10.9 Å². The Bertz CT molecular complexity index is 656. The summed E-state index contributed by atoms with van der Waals surface area (Å²) < 4.78 is 1.54. The van der Waals surface area contributed by atoms with Crippen LogP contribution >= 0.6 is 0 Å². The molecule has 10 heteroatoms. The molecular weight excluding hydrogens is 252 g/mol. The summed E-state index contributed by atoms with van der Waals surface area (Å²) in [6.07, 6.45) is 3.13. The molecule has 0 saturated carbocycles. The molecule has 0 aromatic carbocycles. The number of amides is 1. The lowest BCUT2D eigenvalue weighted by Crippen LogP contribution is -2.44.